The average Bonchev–Trinajstić information content (AvgIpc) is 3.56. The molecule has 176 valence electrons. The summed E-state index contributed by atoms with van der Waals surface area (Å²) >= 11 is 1.33. The van der Waals surface area contributed by atoms with Gasteiger partial charge in [-0.25, -0.2) is 12.8 Å². The lowest BCUT2D eigenvalue weighted by molar-refractivity contribution is 0.103. The van der Waals surface area contributed by atoms with Crippen molar-refractivity contribution in [2.24, 2.45) is 0 Å². The first-order chi connectivity index (χ1) is 16.3. The molecule has 34 heavy (non-hydrogen) atoms. The predicted molar refractivity (Wildman–Crippen MR) is 130 cm³/mol. The van der Waals surface area contributed by atoms with Crippen molar-refractivity contribution in [2.75, 3.05) is 18.4 Å². The van der Waals surface area contributed by atoms with Crippen molar-refractivity contribution >= 4 is 43.2 Å². The van der Waals surface area contributed by atoms with E-state index in [1.54, 1.807) is 24.3 Å². The number of aromatic nitrogens is 2. The van der Waals surface area contributed by atoms with Crippen LogP contribution < -0.4 is 5.32 Å². The van der Waals surface area contributed by atoms with Crippen LogP contribution in [0.2, 0.25) is 0 Å². The molecule has 2 aromatic carbocycles. The second-order valence-electron chi connectivity index (χ2n) is 8.29. The smallest absolute Gasteiger partial charge is 0.265 e. The molecule has 3 heterocycles. The minimum Gasteiger partial charge on any atom is -0.321 e. The Hall–Kier alpha value is -3.08. The number of anilines is 1. The Morgan fingerprint density at radius 2 is 1.76 bits per heavy atom. The highest BCUT2D eigenvalue weighted by atomic mass is 32.2. The van der Waals surface area contributed by atoms with E-state index in [1.165, 1.54) is 39.9 Å². The number of hydrogen-bond donors (Lipinski definition) is 1. The van der Waals surface area contributed by atoms with Gasteiger partial charge in [0.2, 0.25) is 10.0 Å². The van der Waals surface area contributed by atoms with Gasteiger partial charge in [-0.1, -0.05) is 12.1 Å². The van der Waals surface area contributed by atoms with E-state index in [0.29, 0.717) is 30.2 Å². The molecule has 0 aliphatic carbocycles. The third-order valence-electron chi connectivity index (χ3n) is 5.89. The van der Waals surface area contributed by atoms with Crippen molar-refractivity contribution in [3.8, 4) is 0 Å². The van der Waals surface area contributed by atoms with Gasteiger partial charge in [0.05, 0.1) is 22.0 Å². The Morgan fingerprint density at radius 1 is 1.09 bits per heavy atom. The van der Waals surface area contributed by atoms with E-state index < -0.39 is 10.0 Å². The number of thiophene rings is 1. The summed E-state index contributed by atoms with van der Waals surface area (Å²) in [5.41, 5.74) is 2.24. The Bertz CT molecular complexity index is 1450. The lowest BCUT2D eigenvalue weighted by Gasteiger charge is -2.15. The molecule has 0 spiro atoms. The number of hydrogen-bond acceptors (Lipinski definition) is 5. The fraction of sp³-hybridized carbons (Fsp3) is 0.250. The van der Waals surface area contributed by atoms with E-state index in [4.69, 9.17) is 0 Å². The molecule has 1 saturated heterocycles. The lowest BCUT2D eigenvalue weighted by Crippen LogP contribution is -2.27. The molecule has 10 heteroatoms. The van der Waals surface area contributed by atoms with Crippen molar-refractivity contribution in [1.29, 1.82) is 0 Å². The lowest BCUT2D eigenvalue weighted by atomic mass is 10.2. The Morgan fingerprint density at radius 3 is 2.44 bits per heavy atom. The molecule has 1 N–H and O–H groups in total. The Kier molecular flexibility index (Phi) is 5.97. The zero-order chi connectivity index (χ0) is 23.9. The third-order valence-corrected chi connectivity index (χ3v) is 8.95. The number of nitrogens with one attached hydrogen (secondary N) is 1. The van der Waals surface area contributed by atoms with Crippen molar-refractivity contribution in [2.45, 2.75) is 31.2 Å². The first-order valence-electron chi connectivity index (χ1n) is 10.9. The fourth-order valence-electron chi connectivity index (χ4n) is 4.07. The molecular formula is C24H23FN4O3S2. The molecule has 0 unspecified atom stereocenters. The number of sulfonamides is 1. The number of rotatable bonds is 6. The maximum Gasteiger partial charge on any atom is 0.265 e. The van der Waals surface area contributed by atoms with Gasteiger partial charge >= 0.3 is 0 Å². The summed E-state index contributed by atoms with van der Waals surface area (Å²) in [5, 5.41) is 8.29. The standard InChI is InChI=1S/C24H23FN4O3S2/c1-16-21-14-22(33-24(21)29(27-16)15-17-4-6-18(25)7-5-17)23(30)26-19-8-10-20(11-9-19)34(31,32)28-12-2-3-13-28/h4-11,14H,2-3,12-13,15H2,1H3,(H,26,30). The number of amides is 1. The maximum atomic E-state index is 13.2. The molecule has 5 rings (SSSR count). The molecule has 0 bridgehead atoms. The first-order valence-corrected chi connectivity index (χ1v) is 13.2. The van der Waals surface area contributed by atoms with Gasteiger partial charge in [0.1, 0.15) is 10.6 Å². The molecule has 1 aliphatic heterocycles. The van der Waals surface area contributed by atoms with Gasteiger partial charge in [0.15, 0.2) is 0 Å². The zero-order valence-corrected chi connectivity index (χ0v) is 20.1. The van der Waals surface area contributed by atoms with Crippen molar-refractivity contribution < 1.29 is 17.6 Å². The van der Waals surface area contributed by atoms with E-state index in [1.807, 2.05) is 17.7 Å². The highest BCUT2D eigenvalue weighted by molar-refractivity contribution is 7.89. The summed E-state index contributed by atoms with van der Waals surface area (Å²) in [6.07, 6.45) is 1.76. The van der Waals surface area contributed by atoms with Crippen molar-refractivity contribution in [3.63, 3.8) is 0 Å². The summed E-state index contributed by atoms with van der Waals surface area (Å²) in [6, 6.07) is 14.3. The highest BCUT2D eigenvalue weighted by Gasteiger charge is 2.27. The van der Waals surface area contributed by atoms with E-state index >= 15 is 0 Å². The number of fused-ring (bicyclic) bond motifs is 1. The van der Waals surface area contributed by atoms with Gasteiger partial charge in [-0.05, 0) is 67.8 Å². The van der Waals surface area contributed by atoms with Crippen LogP contribution in [0.3, 0.4) is 0 Å². The summed E-state index contributed by atoms with van der Waals surface area (Å²) in [7, 11) is -3.49. The highest BCUT2D eigenvalue weighted by Crippen LogP contribution is 2.30. The van der Waals surface area contributed by atoms with E-state index in [9.17, 15) is 17.6 Å². The van der Waals surface area contributed by atoms with Crippen LogP contribution in [0.1, 0.15) is 33.8 Å². The largest absolute Gasteiger partial charge is 0.321 e. The van der Waals surface area contributed by atoms with Gasteiger partial charge in [0, 0.05) is 24.2 Å². The third kappa shape index (κ3) is 4.36. The molecule has 7 nitrogen and oxygen atoms in total. The predicted octanol–water partition coefficient (Wildman–Crippen LogP) is 4.63. The summed E-state index contributed by atoms with van der Waals surface area (Å²) < 4.78 is 41.9. The minimum absolute atomic E-state index is 0.228. The summed E-state index contributed by atoms with van der Waals surface area (Å²) in [4.78, 5) is 14.5. The number of carbonyl (C=O) groups excluding carboxylic acids is 1. The molecule has 2 aromatic heterocycles. The van der Waals surface area contributed by atoms with Gasteiger partial charge < -0.3 is 5.32 Å². The van der Waals surface area contributed by atoms with Crippen LogP contribution in [0.4, 0.5) is 10.1 Å². The van der Waals surface area contributed by atoms with Crippen LogP contribution in [-0.2, 0) is 16.6 Å². The van der Waals surface area contributed by atoms with Crippen LogP contribution in [0.15, 0.2) is 59.5 Å². The normalized spacial score (nSPS) is 14.6. The minimum atomic E-state index is -3.49. The number of aryl methyl sites for hydroxylation is 1. The molecule has 1 fully saturated rings. The second-order valence-corrected chi connectivity index (χ2v) is 11.3. The molecule has 1 aliphatic rings. The average molecular weight is 499 g/mol. The molecule has 0 radical (unpaired) electrons. The van der Waals surface area contributed by atoms with Gasteiger partial charge in [-0.15, -0.1) is 11.3 Å². The Balaban J connectivity index is 1.33. The monoisotopic (exact) mass is 498 g/mol. The number of benzene rings is 2. The van der Waals surface area contributed by atoms with E-state index in [2.05, 4.69) is 10.4 Å². The number of nitrogens with zero attached hydrogens (tertiary/aromatic N) is 3. The van der Waals surface area contributed by atoms with Crippen LogP contribution >= 0.6 is 11.3 Å². The van der Waals surface area contributed by atoms with Crippen LogP contribution in [0.5, 0.6) is 0 Å². The fourth-order valence-corrected chi connectivity index (χ4v) is 6.65. The number of halogens is 1. The molecule has 1 amide bonds. The van der Waals surface area contributed by atoms with E-state index in [0.717, 1.165) is 34.3 Å². The SMILES string of the molecule is Cc1nn(Cc2ccc(F)cc2)c2sc(C(=O)Nc3ccc(S(=O)(=O)N4CCCC4)cc3)cc12. The molecule has 4 aromatic rings. The van der Waals surface area contributed by atoms with Gasteiger partial charge in [-0.3, -0.25) is 9.48 Å². The second kappa shape index (κ2) is 8.94. The van der Waals surface area contributed by atoms with Crippen LogP contribution in [-0.4, -0.2) is 41.5 Å². The molecular weight excluding hydrogens is 475 g/mol. The molecule has 0 atom stereocenters. The van der Waals surface area contributed by atoms with E-state index in [-0.39, 0.29) is 16.6 Å². The van der Waals surface area contributed by atoms with Crippen molar-refractivity contribution in [1.82, 2.24) is 14.1 Å². The number of carbonyl (C=O) groups is 1. The topological polar surface area (TPSA) is 84.3 Å². The quantitative estimate of drug-likeness (QED) is 0.420. The van der Waals surface area contributed by atoms with Crippen molar-refractivity contribution in [3.05, 3.63) is 76.5 Å². The summed E-state index contributed by atoms with van der Waals surface area (Å²) in [5.74, 6) is -0.564. The van der Waals surface area contributed by atoms with Gasteiger partial charge in [-0.2, -0.15) is 9.40 Å². The summed E-state index contributed by atoms with van der Waals surface area (Å²) in [6.45, 7) is 3.45. The van der Waals surface area contributed by atoms with Crippen LogP contribution in [0.25, 0.3) is 10.2 Å². The van der Waals surface area contributed by atoms with Gasteiger partial charge in [0.25, 0.3) is 5.91 Å². The first kappa shape index (κ1) is 22.7. The Labute approximate surface area is 200 Å². The maximum absolute atomic E-state index is 13.2. The van der Waals surface area contributed by atoms with Crippen LogP contribution in [0, 0.1) is 12.7 Å². The zero-order valence-electron chi connectivity index (χ0n) is 18.5. The molecule has 0 saturated carbocycles.